The van der Waals surface area contributed by atoms with Gasteiger partial charge in [-0.25, -0.2) is 0 Å². The molecule has 0 aliphatic carbocycles. The zero-order chi connectivity index (χ0) is 19.5. The first kappa shape index (κ1) is 20.7. The lowest BCUT2D eigenvalue weighted by Gasteiger charge is -2.38. The summed E-state index contributed by atoms with van der Waals surface area (Å²) in [5, 5.41) is 12.4. The third-order valence-electron chi connectivity index (χ3n) is 3.37. The summed E-state index contributed by atoms with van der Waals surface area (Å²) >= 11 is 0. The van der Waals surface area contributed by atoms with E-state index in [2.05, 4.69) is 5.32 Å². The fraction of sp³-hybridized carbons (Fsp3) is 0.500. The highest BCUT2D eigenvalue weighted by Crippen LogP contribution is 2.23. The third kappa shape index (κ3) is 6.00. The van der Waals surface area contributed by atoms with Gasteiger partial charge in [-0.3, -0.25) is 13.2 Å². The zero-order valence-electron chi connectivity index (χ0n) is 13.9. The van der Waals surface area contributed by atoms with E-state index in [1.54, 1.807) is 18.2 Å². The monoisotopic (exact) mass is 409 g/mol. The van der Waals surface area contributed by atoms with Crippen molar-refractivity contribution >= 4 is 26.1 Å². The van der Waals surface area contributed by atoms with Gasteiger partial charge in [0.05, 0.1) is 25.2 Å². The van der Waals surface area contributed by atoms with E-state index in [9.17, 15) is 26.7 Å². The molecule has 0 saturated carbocycles. The lowest BCUT2D eigenvalue weighted by Crippen LogP contribution is -2.61. The van der Waals surface area contributed by atoms with Crippen molar-refractivity contribution in [2.45, 2.75) is 24.5 Å². The average Bonchev–Trinajstić information content (AvgIpc) is 2.52. The summed E-state index contributed by atoms with van der Waals surface area (Å²) in [6, 6.07) is 6.96. The van der Waals surface area contributed by atoms with Gasteiger partial charge in [-0.05, 0) is 12.1 Å². The first-order chi connectivity index (χ1) is 12.0. The van der Waals surface area contributed by atoms with Gasteiger partial charge in [0.25, 0.3) is 26.1 Å². The van der Waals surface area contributed by atoms with E-state index in [4.69, 9.17) is 13.1 Å². The highest BCUT2D eigenvalue weighted by atomic mass is 32.2. The molecular weight excluding hydrogens is 390 g/mol. The number of nitrogens with one attached hydrogen (secondary N) is 1. The molecule has 2 rings (SSSR count). The topological polar surface area (TPSA) is 145 Å². The maximum Gasteiger partial charge on any atom is 0.264 e. The van der Waals surface area contributed by atoms with Crippen LogP contribution in [-0.2, 0) is 33.3 Å². The SMILES string of the molecule is CS(=O)(=O)O[C@H]1[C@H](OS(C)(=O)=O)[C@@H](O)OC[C@H]1NC(=O)c1ccccc1. The minimum atomic E-state index is -4.08. The molecule has 1 fully saturated rings. The molecular formula is C14H19NO9S2. The Bertz CT molecular complexity index is 838. The second kappa shape index (κ2) is 7.98. The summed E-state index contributed by atoms with van der Waals surface area (Å²) in [7, 11) is -8.14. The number of hydrogen-bond donors (Lipinski definition) is 2. The first-order valence-corrected chi connectivity index (χ1v) is 11.0. The molecule has 0 bridgehead atoms. The lowest BCUT2D eigenvalue weighted by atomic mass is 10.0. The van der Waals surface area contributed by atoms with Crippen molar-refractivity contribution in [2.75, 3.05) is 19.1 Å². The third-order valence-corrected chi connectivity index (χ3v) is 4.52. The van der Waals surface area contributed by atoms with Crippen molar-refractivity contribution < 1.29 is 39.8 Å². The summed E-state index contributed by atoms with van der Waals surface area (Å²) in [6.45, 7) is -0.316. The van der Waals surface area contributed by atoms with Gasteiger partial charge in [-0.2, -0.15) is 16.8 Å². The lowest BCUT2D eigenvalue weighted by molar-refractivity contribution is -0.213. The highest BCUT2D eigenvalue weighted by Gasteiger charge is 2.46. The Balaban J connectivity index is 2.28. The summed E-state index contributed by atoms with van der Waals surface area (Å²) in [5.74, 6) is -0.559. The van der Waals surface area contributed by atoms with E-state index in [-0.39, 0.29) is 12.2 Å². The molecule has 4 atom stereocenters. The second-order valence-electron chi connectivity index (χ2n) is 5.70. The summed E-state index contributed by atoms with van der Waals surface area (Å²) < 4.78 is 60.6. The van der Waals surface area contributed by atoms with E-state index in [0.29, 0.717) is 0 Å². The molecule has 1 aromatic rings. The number of hydrogen-bond acceptors (Lipinski definition) is 9. The molecule has 1 amide bonds. The number of aliphatic hydroxyl groups is 1. The van der Waals surface area contributed by atoms with Crippen LogP contribution in [0.3, 0.4) is 0 Å². The number of benzene rings is 1. The largest absolute Gasteiger partial charge is 0.366 e. The molecule has 1 heterocycles. The molecule has 26 heavy (non-hydrogen) atoms. The maximum atomic E-state index is 12.3. The zero-order valence-corrected chi connectivity index (χ0v) is 15.6. The Morgan fingerprint density at radius 3 is 2.15 bits per heavy atom. The standard InChI is InChI=1S/C14H19NO9S2/c1-25(18,19)23-11-10(15-13(16)9-6-4-3-5-7-9)8-22-14(17)12(11)24-26(2,20)21/h3-7,10-12,14,17H,8H2,1-2H3,(H,15,16)/t10-,11-,12+,14+/m1/s1. The predicted octanol–water partition coefficient (Wildman–Crippen LogP) is -1.18. The van der Waals surface area contributed by atoms with Crippen LogP contribution in [0, 0.1) is 0 Å². The molecule has 0 unspecified atom stereocenters. The van der Waals surface area contributed by atoms with Crippen molar-refractivity contribution in [1.82, 2.24) is 5.32 Å². The van der Waals surface area contributed by atoms with Crippen molar-refractivity contribution in [2.24, 2.45) is 0 Å². The Labute approximate surface area is 151 Å². The van der Waals surface area contributed by atoms with Gasteiger partial charge in [-0.1, -0.05) is 18.2 Å². The van der Waals surface area contributed by atoms with E-state index in [1.807, 2.05) is 0 Å². The Morgan fingerprint density at radius 2 is 1.62 bits per heavy atom. The van der Waals surface area contributed by atoms with Crippen LogP contribution in [0.15, 0.2) is 30.3 Å². The summed E-state index contributed by atoms with van der Waals surface area (Å²) in [6.07, 6.45) is -3.49. The minimum absolute atomic E-state index is 0.289. The fourth-order valence-electron chi connectivity index (χ4n) is 2.38. The van der Waals surface area contributed by atoms with Gasteiger partial charge in [-0.15, -0.1) is 0 Å². The number of aliphatic hydroxyl groups excluding tert-OH is 1. The molecule has 1 saturated heterocycles. The second-order valence-corrected chi connectivity index (χ2v) is 8.90. The number of carbonyl (C=O) groups excluding carboxylic acids is 1. The van der Waals surface area contributed by atoms with Crippen molar-refractivity contribution in [3.63, 3.8) is 0 Å². The Kier molecular flexibility index (Phi) is 6.37. The Morgan fingerprint density at radius 1 is 1.08 bits per heavy atom. The molecule has 2 N–H and O–H groups in total. The van der Waals surface area contributed by atoms with Crippen LogP contribution >= 0.6 is 0 Å². The maximum absolute atomic E-state index is 12.3. The van der Waals surface area contributed by atoms with Gasteiger partial charge in [0.2, 0.25) is 0 Å². The number of carbonyl (C=O) groups is 1. The van der Waals surface area contributed by atoms with Crippen molar-refractivity contribution in [3.05, 3.63) is 35.9 Å². The molecule has 146 valence electrons. The number of ether oxygens (including phenoxy) is 1. The van der Waals surface area contributed by atoms with Crippen LogP contribution < -0.4 is 5.32 Å². The molecule has 0 aromatic heterocycles. The van der Waals surface area contributed by atoms with Gasteiger partial charge in [0.15, 0.2) is 12.4 Å². The fourth-order valence-corrected chi connectivity index (χ4v) is 3.63. The first-order valence-electron chi connectivity index (χ1n) is 7.38. The molecule has 1 aliphatic rings. The molecule has 0 radical (unpaired) electrons. The van der Waals surface area contributed by atoms with Crippen LogP contribution in [0.4, 0.5) is 0 Å². The molecule has 0 spiro atoms. The predicted molar refractivity (Wildman–Crippen MR) is 89.1 cm³/mol. The van der Waals surface area contributed by atoms with Crippen molar-refractivity contribution in [3.8, 4) is 0 Å². The van der Waals surface area contributed by atoms with E-state index >= 15 is 0 Å². The smallest absolute Gasteiger partial charge is 0.264 e. The van der Waals surface area contributed by atoms with Gasteiger partial charge in [0, 0.05) is 5.56 Å². The van der Waals surface area contributed by atoms with Gasteiger partial charge >= 0.3 is 0 Å². The molecule has 1 aliphatic heterocycles. The van der Waals surface area contributed by atoms with Gasteiger partial charge in [0.1, 0.15) is 6.10 Å². The summed E-state index contributed by atoms with van der Waals surface area (Å²) in [4.78, 5) is 12.3. The Hall–Kier alpha value is -1.57. The number of rotatable bonds is 6. The van der Waals surface area contributed by atoms with Crippen LogP contribution in [0.25, 0.3) is 0 Å². The van der Waals surface area contributed by atoms with Crippen molar-refractivity contribution in [1.29, 1.82) is 0 Å². The van der Waals surface area contributed by atoms with Crippen LogP contribution in [0.2, 0.25) is 0 Å². The molecule has 1 aromatic carbocycles. The number of amides is 1. The van der Waals surface area contributed by atoms with E-state index < -0.39 is 50.7 Å². The average molecular weight is 409 g/mol. The van der Waals surface area contributed by atoms with Crippen LogP contribution in [0.5, 0.6) is 0 Å². The normalized spacial score (nSPS) is 27.0. The van der Waals surface area contributed by atoms with Crippen LogP contribution in [-0.4, -0.2) is 71.5 Å². The molecule has 12 heteroatoms. The van der Waals surface area contributed by atoms with Crippen LogP contribution in [0.1, 0.15) is 10.4 Å². The quantitative estimate of drug-likeness (QED) is 0.555. The minimum Gasteiger partial charge on any atom is -0.366 e. The highest BCUT2D eigenvalue weighted by molar-refractivity contribution is 7.86. The van der Waals surface area contributed by atoms with E-state index in [1.165, 1.54) is 12.1 Å². The van der Waals surface area contributed by atoms with Gasteiger partial charge < -0.3 is 15.2 Å². The van der Waals surface area contributed by atoms with E-state index in [0.717, 1.165) is 12.5 Å². The molecule has 10 nitrogen and oxygen atoms in total. The summed E-state index contributed by atoms with van der Waals surface area (Å²) in [5.41, 5.74) is 0.289.